The molecule has 9 heteroatoms. The van der Waals surface area contributed by atoms with Gasteiger partial charge >= 0.3 is 12.1 Å². The number of alkyl halides is 3. The van der Waals surface area contributed by atoms with Crippen molar-refractivity contribution >= 4 is 11.9 Å². The molecule has 26 heavy (non-hydrogen) atoms. The van der Waals surface area contributed by atoms with Crippen molar-refractivity contribution in [2.45, 2.75) is 19.0 Å². The molecule has 0 radical (unpaired) electrons. The Labute approximate surface area is 146 Å². The summed E-state index contributed by atoms with van der Waals surface area (Å²) in [5.41, 5.74) is -0.426. The Balaban J connectivity index is 1.82. The highest BCUT2D eigenvalue weighted by atomic mass is 19.4. The van der Waals surface area contributed by atoms with E-state index in [9.17, 15) is 22.8 Å². The van der Waals surface area contributed by atoms with Crippen molar-refractivity contribution in [2.24, 2.45) is 5.92 Å². The molecule has 1 N–H and O–H groups in total. The van der Waals surface area contributed by atoms with Gasteiger partial charge in [-0.25, -0.2) is 4.68 Å². The fourth-order valence-corrected chi connectivity index (χ4v) is 2.95. The highest BCUT2D eigenvalue weighted by Crippen LogP contribution is 2.28. The quantitative estimate of drug-likeness (QED) is 0.905. The molecule has 1 unspecified atom stereocenters. The number of amides is 1. The van der Waals surface area contributed by atoms with Crippen LogP contribution in [0.2, 0.25) is 0 Å². The zero-order valence-electron chi connectivity index (χ0n) is 13.6. The molecule has 0 spiro atoms. The van der Waals surface area contributed by atoms with E-state index >= 15 is 0 Å². The van der Waals surface area contributed by atoms with Crippen LogP contribution in [0, 0.1) is 5.92 Å². The van der Waals surface area contributed by atoms with Crippen molar-refractivity contribution in [2.75, 3.05) is 13.1 Å². The lowest BCUT2D eigenvalue weighted by Gasteiger charge is -2.30. The first kappa shape index (κ1) is 18.0. The Kier molecular flexibility index (Phi) is 4.71. The minimum atomic E-state index is -4.54. The van der Waals surface area contributed by atoms with Crippen LogP contribution in [0.5, 0.6) is 0 Å². The van der Waals surface area contributed by atoms with Crippen molar-refractivity contribution in [3.8, 4) is 5.69 Å². The van der Waals surface area contributed by atoms with Gasteiger partial charge in [0.15, 0.2) is 5.69 Å². The van der Waals surface area contributed by atoms with Crippen LogP contribution in [-0.4, -0.2) is 44.8 Å². The van der Waals surface area contributed by atoms with Crippen molar-refractivity contribution in [1.29, 1.82) is 0 Å². The summed E-state index contributed by atoms with van der Waals surface area (Å²) in [6, 6.07) is 6.94. The number of hydrogen-bond donors (Lipinski definition) is 1. The van der Waals surface area contributed by atoms with Crippen molar-refractivity contribution < 1.29 is 27.9 Å². The van der Waals surface area contributed by atoms with Crippen molar-refractivity contribution in [1.82, 2.24) is 14.7 Å². The standard InChI is InChI=1S/C17H16F3N3O3/c18-17(19,20)14-6-8-23(21-14)13-5-1-3-11(9-13)15(24)22-7-2-4-12(10-22)16(25)26/h1,3,5-6,8-9,12H,2,4,7,10H2,(H,25,26). The molecule has 2 heterocycles. The second-order valence-corrected chi connectivity index (χ2v) is 6.12. The molecule has 138 valence electrons. The largest absolute Gasteiger partial charge is 0.481 e. The summed E-state index contributed by atoms with van der Waals surface area (Å²) in [5.74, 6) is -1.88. The number of carboxylic acids is 1. The molecule has 1 aliphatic rings. The summed E-state index contributed by atoms with van der Waals surface area (Å²) in [7, 11) is 0. The molecule has 0 saturated carbocycles. The Bertz CT molecular complexity index is 832. The molecule has 0 bridgehead atoms. The van der Waals surface area contributed by atoms with Gasteiger partial charge in [-0.3, -0.25) is 9.59 Å². The van der Waals surface area contributed by atoms with Gasteiger partial charge in [-0.05, 0) is 37.1 Å². The van der Waals surface area contributed by atoms with E-state index in [-0.39, 0.29) is 18.0 Å². The molecule has 2 aromatic rings. The number of piperidine rings is 1. The number of benzene rings is 1. The third-order valence-corrected chi connectivity index (χ3v) is 4.30. The lowest BCUT2D eigenvalue weighted by molar-refractivity contribution is -0.143. The topological polar surface area (TPSA) is 75.4 Å². The molecule has 1 amide bonds. The first-order valence-electron chi connectivity index (χ1n) is 8.01. The van der Waals surface area contributed by atoms with Crippen LogP contribution in [0.25, 0.3) is 5.69 Å². The predicted molar refractivity (Wildman–Crippen MR) is 84.8 cm³/mol. The van der Waals surface area contributed by atoms with Gasteiger partial charge in [0.2, 0.25) is 0 Å². The fourth-order valence-electron chi connectivity index (χ4n) is 2.95. The number of aromatic nitrogens is 2. The maximum absolute atomic E-state index is 12.7. The van der Waals surface area contributed by atoms with Crippen molar-refractivity contribution in [3.63, 3.8) is 0 Å². The minimum Gasteiger partial charge on any atom is -0.481 e. The fraction of sp³-hybridized carbons (Fsp3) is 0.353. The van der Waals surface area contributed by atoms with Gasteiger partial charge in [-0.1, -0.05) is 6.07 Å². The Morgan fingerprint density at radius 2 is 2.00 bits per heavy atom. The maximum atomic E-state index is 12.7. The highest BCUT2D eigenvalue weighted by Gasteiger charge is 2.33. The number of carbonyl (C=O) groups is 2. The molecule has 0 aliphatic carbocycles. The van der Waals surface area contributed by atoms with Gasteiger partial charge < -0.3 is 10.0 Å². The molecule has 1 aliphatic heterocycles. The molecule has 6 nitrogen and oxygen atoms in total. The monoisotopic (exact) mass is 367 g/mol. The number of hydrogen-bond acceptors (Lipinski definition) is 3. The number of rotatable bonds is 3. The second kappa shape index (κ2) is 6.81. The first-order valence-corrected chi connectivity index (χ1v) is 8.01. The van der Waals surface area contributed by atoms with E-state index in [1.165, 1.54) is 17.2 Å². The van der Waals surface area contributed by atoms with Crippen LogP contribution in [0.3, 0.4) is 0 Å². The first-order chi connectivity index (χ1) is 12.3. The molecule has 1 fully saturated rings. The number of halogens is 3. The van der Waals surface area contributed by atoms with E-state index in [1.807, 2.05) is 0 Å². The van der Waals surface area contributed by atoms with Crippen molar-refractivity contribution in [3.05, 3.63) is 47.8 Å². The average molecular weight is 367 g/mol. The SMILES string of the molecule is O=C(O)C1CCCN(C(=O)c2cccc(-n3ccc(C(F)(F)F)n3)c2)C1. The maximum Gasteiger partial charge on any atom is 0.435 e. The summed E-state index contributed by atoms with van der Waals surface area (Å²) in [5, 5.41) is 12.6. The highest BCUT2D eigenvalue weighted by molar-refractivity contribution is 5.95. The van der Waals surface area contributed by atoms with E-state index in [1.54, 1.807) is 18.2 Å². The van der Waals surface area contributed by atoms with Crippen LogP contribution in [0.1, 0.15) is 28.9 Å². The number of likely N-dealkylation sites (tertiary alicyclic amines) is 1. The van der Waals surface area contributed by atoms with Gasteiger partial charge in [-0.2, -0.15) is 18.3 Å². The van der Waals surface area contributed by atoms with Gasteiger partial charge in [0.25, 0.3) is 5.91 Å². The summed E-state index contributed by atoms with van der Waals surface area (Å²) < 4.78 is 39.1. The second-order valence-electron chi connectivity index (χ2n) is 6.12. The van der Waals surface area contributed by atoms with E-state index in [0.717, 1.165) is 10.7 Å². The van der Waals surface area contributed by atoms with Gasteiger partial charge in [0.05, 0.1) is 11.6 Å². The zero-order valence-corrected chi connectivity index (χ0v) is 13.6. The number of nitrogens with zero attached hydrogens (tertiary/aromatic N) is 3. The number of carboxylic acid groups (broad SMARTS) is 1. The van der Waals surface area contributed by atoms with Crippen LogP contribution >= 0.6 is 0 Å². The lowest BCUT2D eigenvalue weighted by atomic mass is 9.97. The molecule has 1 saturated heterocycles. The third kappa shape index (κ3) is 3.71. The van der Waals surface area contributed by atoms with Crippen LogP contribution < -0.4 is 0 Å². The van der Waals surface area contributed by atoms with Crippen LogP contribution in [0.15, 0.2) is 36.5 Å². The smallest absolute Gasteiger partial charge is 0.435 e. The van der Waals surface area contributed by atoms with Crippen LogP contribution in [0.4, 0.5) is 13.2 Å². The van der Waals surface area contributed by atoms with Gasteiger partial charge in [0, 0.05) is 24.8 Å². The Hall–Kier alpha value is -2.84. The molecule has 1 atom stereocenters. The summed E-state index contributed by atoms with van der Waals surface area (Å²) in [4.78, 5) is 25.2. The Morgan fingerprint density at radius 3 is 2.65 bits per heavy atom. The van der Waals surface area contributed by atoms with Crippen LogP contribution in [-0.2, 0) is 11.0 Å². The van der Waals surface area contributed by atoms with E-state index in [2.05, 4.69) is 5.10 Å². The van der Waals surface area contributed by atoms with E-state index in [0.29, 0.717) is 25.1 Å². The molecular formula is C17H16F3N3O3. The number of aliphatic carboxylic acids is 1. The molecular weight excluding hydrogens is 351 g/mol. The minimum absolute atomic E-state index is 0.123. The van der Waals surface area contributed by atoms with E-state index in [4.69, 9.17) is 5.11 Å². The normalized spacial score (nSPS) is 18.0. The molecule has 1 aromatic carbocycles. The summed E-state index contributed by atoms with van der Waals surface area (Å²) in [6.07, 6.45) is -2.25. The van der Waals surface area contributed by atoms with Gasteiger partial charge in [-0.15, -0.1) is 0 Å². The summed E-state index contributed by atoms with van der Waals surface area (Å²) in [6.45, 7) is 0.575. The molecule has 3 rings (SSSR count). The van der Waals surface area contributed by atoms with E-state index < -0.39 is 23.8 Å². The molecule has 1 aromatic heterocycles. The summed E-state index contributed by atoms with van der Waals surface area (Å²) >= 11 is 0. The average Bonchev–Trinajstić information content (AvgIpc) is 3.12. The third-order valence-electron chi connectivity index (χ3n) is 4.30. The lowest BCUT2D eigenvalue weighted by Crippen LogP contribution is -2.42. The number of carbonyl (C=O) groups excluding carboxylic acids is 1. The Morgan fingerprint density at radius 1 is 1.23 bits per heavy atom. The predicted octanol–water partition coefficient (Wildman–Crippen LogP) is 2.83. The zero-order chi connectivity index (χ0) is 18.9. The van der Waals surface area contributed by atoms with Gasteiger partial charge in [0.1, 0.15) is 0 Å².